The van der Waals surface area contributed by atoms with Gasteiger partial charge >= 0.3 is 12.1 Å². The van der Waals surface area contributed by atoms with Crippen LogP contribution in [0.25, 0.3) is 11.1 Å². The molecule has 3 aliphatic rings. The van der Waals surface area contributed by atoms with E-state index in [0.717, 1.165) is 41.5 Å². The summed E-state index contributed by atoms with van der Waals surface area (Å²) >= 11 is 0. The molecule has 1 aliphatic heterocycles. The number of rotatable bonds is 7. The second-order valence-electron chi connectivity index (χ2n) is 9.53. The molecular weight excluding hydrogens is 464 g/mol. The van der Waals surface area contributed by atoms with Gasteiger partial charge in [0.15, 0.2) is 5.79 Å². The van der Waals surface area contributed by atoms with Crippen LogP contribution >= 0.6 is 0 Å². The minimum atomic E-state index is -1.26. The van der Waals surface area contributed by atoms with Gasteiger partial charge in [0.05, 0.1) is 19.6 Å². The van der Waals surface area contributed by atoms with Crippen molar-refractivity contribution in [1.29, 1.82) is 0 Å². The zero-order chi connectivity index (χ0) is 25.1. The minimum absolute atomic E-state index is 0.0705. The number of amides is 2. The Morgan fingerprint density at radius 3 is 2.31 bits per heavy atom. The van der Waals surface area contributed by atoms with Crippen molar-refractivity contribution in [3.05, 3.63) is 59.7 Å². The molecule has 9 nitrogen and oxygen atoms in total. The van der Waals surface area contributed by atoms with Crippen LogP contribution in [-0.2, 0) is 23.8 Å². The number of benzene rings is 2. The summed E-state index contributed by atoms with van der Waals surface area (Å²) in [5, 5.41) is 14.7. The summed E-state index contributed by atoms with van der Waals surface area (Å²) in [6.45, 7) is 1.11. The highest BCUT2D eigenvalue weighted by Gasteiger charge is 2.42. The number of fused-ring (bicyclic) bond motifs is 3. The van der Waals surface area contributed by atoms with Crippen LogP contribution in [0.15, 0.2) is 48.5 Å². The summed E-state index contributed by atoms with van der Waals surface area (Å²) in [5.41, 5.74) is 4.33. The van der Waals surface area contributed by atoms with Crippen LogP contribution in [0.2, 0.25) is 0 Å². The largest absolute Gasteiger partial charge is 0.481 e. The maximum absolute atomic E-state index is 12.9. The first-order valence-corrected chi connectivity index (χ1v) is 12.4. The average Bonchev–Trinajstić information content (AvgIpc) is 3.44. The van der Waals surface area contributed by atoms with E-state index in [1.807, 2.05) is 48.5 Å². The number of ether oxygens (including phenoxy) is 3. The Balaban J connectivity index is 1.21. The highest BCUT2D eigenvalue weighted by molar-refractivity contribution is 5.89. The summed E-state index contributed by atoms with van der Waals surface area (Å²) in [5.74, 6) is -2.58. The Kier molecular flexibility index (Phi) is 6.93. The van der Waals surface area contributed by atoms with Gasteiger partial charge in [0.25, 0.3) is 0 Å². The van der Waals surface area contributed by atoms with Crippen LogP contribution in [0.4, 0.5) is 4.79 Å². The summed E-state index contributed by atoms with van der Waals surface area (Å²) in [6, 6.07) is 14.4. The fourth-order valence-corrected chi connectivity index (χ4v) is 5.55. The van der Waals surface area contributed by atoms with Crippen molar-refractivity contribution in [1.82, 2.24) is 10.6 Å². The van der Waals surface area contributed by atoms with Gasteiger partial charge in [-0.3, -0.25) is 9.59 Å². The van der Waals surface area contributed by atoms with Gasteiger partial charge in [0, 0.05) is 24.8 Å². The first kappa shape index (κ1) is 24.3. The van der Waals surface area contributed by atoms with Crippen LogP contribution in [0.1, 0.15) is 49.1 Å². The van der Waals surface area contributed by atoms with Crippen molar-refractivity contribution in [2.24, 2.45) is 0 Å². The van der Waals surface area contributed by atoms with Crippen LogP contribution in [0.3, 0.4) is 0 Å². The molecule has 1 saturated carbocycles. The molecular formula is C27H30N2O7. The highest BCUT2D eigenvalue weighted by atomic mass is 16.7. The maximum atomic E-state index is 12.9. The molecule has 5 rings (SSSR count). The lowest BCUT2D eigenvalue weighted by Crippen LogP contribution is -2.53. The minimum Gasteiger partial charge on any atom is -0.481 e. The summed E-state index contributed by atoms with van der Waals surface area (Å²) in [7, 11) is 0. The van der Waals surface area contributed by atoms with Crippen LogP contribution in [0, 0.1) is 0 Å². The van der Waals surface area contributed by atoms with Crippen molar-refractivity contribution in [2.75, 3.05) is 19.8 Å². The molecule has 9 heteroatoms. The van der Waals surface area contributed by atoms with Gasteiger partial charge in [-0.1, -0.05) is 48.5 Å². The average molecular weight is 495 g/mol. The number of carbonyl (C=O) groups excluding carboxylic acids is 2. The van der Waals surface area contributed by atoms with Crippen LogP contribution in [-0.4, -0.2) is 60.8 Å². The molecule has 1 spiro atoms. The lowest BCUT2D eigenvalue weighted by atomic mass is 9.89. The molecule has 2 unspecified atom stereocenters. The van der Waals surface area contributed by atoms with Gasteiger partial charge in [0.1, 0.15) is 12.6 Å². The molecule has 1 saturated heterocycles. The quantitative estimate of drug-likeness (QED) is 0.540. The zero-order valence-electron chi connectivity index (χ0n) is 19.9. The van der Waals surface area contributed by atoms with E-state index in [1.54, 1.807) is 0 Å². The normalized spacial score (nSPS) is 20.8. The Bertz CT molecular complexity index is 1100. The molecule has 2 aliphatic carbocycles. The predicted molar refractivity (Wildman–Crippen MR) is 129 cm³/mol. The summed E-state index contributed by atoms with van der Waals surface area (Å²) < 4.78 is 17.0. The van der Waals surface area contributed by atoms with E-state index >= 15 is 0 Å². The summed E-state index contributed by atoms with van der Waals surface area (Å²) in [4.78, 5) is 37.0. The topological polar surface area (TPSA) is 123 Å². The molecule has 1 heterocycles. The molecule has 3 N–H and O–H groups in total. The molecule has 2 aromatic rings. The first-order valence-electron chi connectivity index (χ1n) is 12.4. The molecule has 0 aromatic heterocycles. The number of carboxylic acid groups (broad SMARTS) is 1. The second-order valence-corrected chi connectivity index (χ2v) is 9.53. The number of carbonyl (C=O) groups is 3. The first-order chi connectivity index (χ1) is 17.4. The van der Waals surface area contributed by atoms with Crippen molar-refractivity contribution in [3.63, 3.8) is 0 Å². The lowest BCUT2D eigenvalue weighted by molar-refractivity contribution is -0.182. The standard InChI is InChI=1S/C27H30N2O7/c30-24(31)14-23(25(32)28-17-6-5-11-27(15-17)35-12-13-36-27)29-26(33)34-16-22-20-9-3-1-7-18(20)19-8-2-4-10-21(19)22/h1-4,7-10,17,22-23H,5-6,11-16H2,(H,28,32)(H,29,33)(H,30,31). The molecule has 190 valence electrons. The molecule has 2 fully saturated rings. The maximum Gasteiger partial charge on any atom is 0.407 e. The van der Waals surface area contributed by atoms with E-state index in [-0.39, 0.29) is 18.6 Å². The fourth-order valence-electron chi connectivity index (χ4n) is 5.55. The Morgan fingerprint density at radius 2 is 1.67 bits per heavy atom. The van der Waals surface area contributed by atoms with Gasteiger partial charge in [0.2, 0.25) is 5.91 Å². The number of aliphatic carboxylic acids is 1. The van der Waals surface area contributed by atoms with Crippen LogP contribution < -0.4 is 10.6 Å². The second kappa shape index (κ2) is 10.3. The predicted octanol–water partition coefficient (Wildman–Crippen LogP) is 3.17. The zero-order valence-corrected chi connectivity index (χ0v) is 19.9. The fraction of sp³-hybridized carbons (Fsp3) is 0.444. The van der Waals surface area contributed by atoms with E-state index in [0.29, 0.717) is 19.6 Å². The van der Waals surface area contributed by atoms with E-state index in [4.69, 9.17) is 14.2 Å². The number of hydrogen-bond acceptors (Lipinski definition) is 6. The van der Waals surface area contributed by atoms with Crippen molar-refractivity contribution in [3.8, 4) is 11.1 Å². The van der Waals surface area contributed by atoms with Gasteiger partial charge in [-0.15, -0.1) is 0 Å². The van der Waals surface area contributed by atoms with E-state index in [9.17, 15) is 19.5 Å². The molecule has 2 aromatic carbocycles. The molecule has 0 radical (unpaired) electrons. The Morgan fingerprint density at radius 1 is 1.03 bits per heavy atom. The van der Waals surface area contributed by atoms with Crippen molar-refractivity contribution < 1.29 is 33.7 Å². The smallest absolute Gasteiger partial charge is 0.407 e. The van der Waals surface area contributed by atoms with Crippen LogP contribution in [0.5, 0.6) is 0 Å². The van der Waals surface area contributed by atoms with E-state index in [1.165, 1.54) is 0 Å². The number of alkyl carbamates (subject to hydrolysis) is 1. The summed E-state index contributed by atoms with van der Waals surface area (Å²) in [6.07, 6.45) is 1.40. The molecule has 2 amide bonds. The third-order valence-electron chi connectivity index (χ3n) is 7.16. The lowest BCUT2D eigenvalue weighted by Gasteiger charge is -2.36. The molecule has 36 heavy (non-hydrogen) atoms. The van der Waals surface area contributed by atoms with E-state index < -0.39 is 36.2 Å². The molecule has 2 atom stereocenters. The van der Waals surface area contributed by atoms with Crippen molar-refractivity contribution in [2.45, 2.75) is 55.9 Å². The van der Waals surface area contributed by atoms with E-state index in [2.05, 4.69) is 10.6 Å². The monoisotopic (exact) mass is 494 g/mol. The molecule has 0 bridgehead atoms. The van der Waals surface area contributed by atoms with Gasteiger partial charge in [-0.05, 0) is 35.1 Å². The van der Waals surface area contributed by atoms with Gasteiger partial charge in [-0.2, -0.15) is 0 Å². The number of hydrogen-bond donors (Lipinski definition) is 3. The third kappa shape index (κ3) is 5.08. The third-order valence-corrected chi connectivity index (χ3v) is 7.16. The van der Waals surface area contributed by atoms with Gasteiger partial charge in [-0.25, -0.2) is 4.79 Å². The highest BCUT2D eigenvalue weighted by Crippen LogP contribution is 2.44. The van der Waals surface area contributed by atoms with Crippen molar-refractivity contribution >= 4 is 18.0 Å². The Labute approximate surface area is 209 Å². The number of nitrogens with one attached hydrogen (secondary N) is 2. The van der Waals surface area contributed by atoms with Gasteiger partial charge < -0.3 is 30.0 Å². The Hall–Kier alpha value is -3.43. The number of carboxylic acids is 1. The SMILES string of the molecule is O=C(O)CC(NC(=O)OCC1c2ccccc2-c2ccccc21)C(=O)NC1CCCC2(C1)OCCO2.